The molecule has 22 heavy (non-hydrogen) atoms. The Morgan fingerprint density at radius 2 is 1.95 bits per heavy atom. The number of hydrogen-bond acceptors (Lipinski definition) is 2. The van der Waals surface area contributed by atoms with Crippen LogP contribution in [0.15, 0.2) is 36.4 Å². The Balaban J connectivity index is 2.67. The fourth-order valence-corrected chi connectivity index (χ4v) is 2.40. The molecule has 3 heteroatoms. The first-order valence-corrected chi connectivity index (χ1v) is 8.12. The van der Waals surface area contributed by atoms with Gasteiger partial charge in [-0.15, -0.1) is 0 Å². The van der Waals surface area contributed by atoms with Crippen molar-refractivity contribution in [2.24, 2.45) is 5.92 Å². The zero-order valence-electron chi connectivity index (χ0n) is 13.9. The summed E-state index contributed by atoms with van der Waals surface area (Å²) in [6, 6.07) is 8.62. The van der Waals surface area contributed by atoms with E-state index in [0.29, 0.717) is 12.5 Å². The lowest BCUT2D eigenvalue weighted by atomic mass is 9.98. The van der Waals surface area contributed by atoms with Crippen molar-refractivity contribution < 1.29 is 14.6 Å². The minimum atomic E-state index is -0.938. The third kappa shape index (κ3) is 7.41. The van der Waals surface area contributed by atoms with Gasteiger partial charge in [0.1, 0.15) is 0 Å². The molecule has 0 amide bonds. The van der Waals surface area contributed by atoms with Gasteiger partial charge in [0.05, 0.1) is 12.7 Å². The minimum absolute atomic E-state index is 0.0338. The highest BCUT2D eigenvalue weighted by atomic mass is 16.5. The summed E-state index contributed by atoms with van der Waals surface area (Å²) in [4.78, 5) is 10.5. The SMILES string of the molecule is CCCCC(OCC=CC(=O)O)c1ccc(CC(C)C)cc1. The molecule has 0 bridgehead atoms. The van der Waals surface area contributed by atoms with Gasteiger partial charge in [0.25, 0.3) is 0 Å². The van der Waals surface area contributed by atoms with Gasteiger partial charge in [0.2, 0.25) is 0 Å². The van der Waals surface area contributed by atoms with Gasteiger partial charge in [-0.25, -0.2) is 4.79 Å². The predicted octanol–water partition coefficient (Wildman–Crippen LogP) is 4.77. The lowest BCUT2D eigenvalue weighted by molar-refractivity contribution is -0.131. The van der Waals surface area contributed by atoms with Crippen LogP contribution in [0.3, 0.4) is 0 Å². The molecule has 1 rings (SSSR count). The minimum Gasteiger partial charge on any atom is -0.478 e. The van der Waals surface area contributed by atoms with E-state index in [0.717, 1.165) is 31.8 Å². The van der Waals surface area contributed by atoms with Crippen LogP contribution in [-0.4, -0.2) is 17.7 Å². The number of hydrogen-bond donors (Lipinski definition) is 1. The number of carboxylic acid groups (broad SMARTS) is 1. The van der Waals surface area contributed by atoms with Crippen molar-refractivity contribution in [1.82, 2.24) is 0 Å². The summed E-state index contributed by atoms with van der Waals surface area (Å²) in [6.07, 6.45) is 6.98. The first kappa shape index (κ1) is 18.4. The molecule has 0 fully saturated rings. The van der Waals surface area contributed by atoms with Gasteiger partial charge in [-0.05, 0) is 29.9 Å². The van der Waals surface area contributed by atoms with E-state index in [2.05, 4.69) is 45.0 Å². The molecule has 1 N–H and O–H groups in total. The summed E-state index contributed by atoms with van der Waals surface area (Å²) >= 11 is 0. The molecule has 0 saturated carbocycles. The van der Waals surface area contributed by atoms with Crippen molar-refractivity contribution in [2.45, 2.75) is 52.6 Å². The van der Waals surface area contributed by atoms with E-state index in [1.54, 1.807) is 6.08 Å². The Morgan fingerprint density at radius 3 is 2.50 bits per heavy atom. The molecular weight excluding hydrogens is 276 g/mol. The number of carbonyl (C=O) groups is 1. The highest BCUT2D eigenvalue weighted by Crippen LogP contribution is 2.24. The lowest BCUT2D eigenvalue weighted by Gasteiger charge is -2.18. The molecule has 0 aliphatic heterocycles. The van der Waals surface area contributed by atoms with Crippen LogP contribution >= 0.6 is 0 Å². The fraction of sp³-hybridized carbons (Fsp3) is 0.526. The number of ether oxygens (including phenoxy) is 1. The van der Waals surface area contributed by atoms with Crippen LogP contribution in [0.25, 0.3) is 0 Å². The summed E-state index contributed by atoms with van der Waals surface area (Å²) in [5.74, 6) is -0.286. The second kappa shape index (κ2) is 10.2. The molecule has 0 radical (unpaired) electrons. The largest absolute Gasteiger partial charge is 0.478 e. The summed E-state index contributed by atoms with van der Waals surface area (Å²) < 4.78 is 5.85. The third-order valence-electron chi connectivity index (χ3n) is 3.47. The van der Waals surface area contributed by atoms with Crippen LogP contribution in [-0.2, 0) is 16.0 Å². The monoisotopic (exact) mass is 304 g/mol. The number of carboxylic acids is 1. The van der Waals surface area contributed by atoms with Gasteiger partial charge >= 0.3 is 5.97 Å². The lowest BCUT2D eigenvalue weighted by Crippen LogP contribution is -2.06. The van der Waals surface area contributed by atoms with Crippen LogP contribution < -0.4 is 0 Å². The van der Waals surface area contributed by atoms with E-state index >= 15 is 0 Å². The maximum atomic E-state index is 10.5. The first-order chi connectivity index (χ1) is 10.5. The third-order valence-corrected chi connectivity index (χ3v) is 3.47. The Morgan fingerprint density at radius 1 is 1.27 bits per heavy atom. The smallest absolute Gasteiger partial charge is 0.328 e. The van der Waals surface area contributed by atoms with Crippen molar-refractivity contribution in [1.29, 1.82) is 0 Å². The first-order valence-electron chi connectivity index (χ1n) is 8.12. The Kier molecular flexibility index (Phi) is 8.53. The van der Waals surface area contributed by atoms with Gasteiger partial charge < -0.3 is 9.84 Å². The molecule has 0 saturated heterocycles. The number of aliphatic carboxylic acids is 1. The maximum absolute atomic E-state index is 10.5. The van der Waals surface area contributed by atoms with Crippen molar-refractivity contribution in [2.75, 3.05) is 6.61 Å². The molecular formula is C19H28O3. The molecule has 1 aromatic rings. The van der Waals surface area contributed by atoms with Crippen LogP contribution in [0.5, 0.6) is 0 Å². The summed E-state index contributed by atoms with van der Waals surface area (Å²) in [6.45, 7) is 6.92. The second-order valence-electron chi connectivity index (χ2n) is 6.04. The summed E-state index contributed by atoms with van der Waals surface area (Å²) in [7, 11) is 0. The summed E-state index contributed by atoms with van der Waals surface area (Å²) in [5.41, 5.74) is 2.52. The van der Waals surface area contributed by atoms with Crippen LogP contribution in [0.1, 0.15) is 57.3 Å². The normalized spacial score (nSPS) is 12.9. The van der Waals surface area contributed by atoms with Gasteiger partial charge in [-0.3, -0.25) is 0 Å². The molecule has 0 aliphatic carbocycles. The van der Waals surface area contributed by atoms with Gasteiger partial charge in [0.15, 0.2) is 0 Å². The second-order valence-corrected chi connectivity index (χ2v) is 6.04. The van der Waals surface area contributed by atoms with Crippen molar-refractivity contribution >= 4 is 5.97 Å². The van der Waals surface area contributed by atoms with Crippen molar-refractivity contribution in [3.05, 3.63) is 47.5 Å². The molecule has 0 aliphatic rings. The average Bonchev–Trinajstić information content (AvgIpc) is 2.47. The summed E-state index contributed by atoms with van der Waals surface area (Å²) in [5, 5.41) is 8.60. The molecule has 122 valence electrons. The van der Waals surface area contributed by atoms with Gasteiger partial charge in [-0.2, -0.15) is 0 Å². The van der Waals surface area contributed by atoms with Crippen molar-refractivity contribution in [3.63, 3.8) is 0 Å². The molecule has 1 aromatic carbocycles. The molecule has 1 atom stereocenters. The number of unbranched alkanes of at least 4 members (excludes halogenated alkanes) is 1. The maximum Gasteiger partial charge on any atom is 0.328 e. The molecule has 0 aromatic heterocycles. The Labute approximate surface area is 134 Å². The molecule has 1 unspecified atom stereocenters. The Bertz CT molecular complexity index is 460. The number of benzene rings is 1. The van der Waals surface area contributed by atoms with Crippen molar-refractivity contribution in [3.8, 4) is 0 Å². The van der Waals surface area contributed by atoms with Gasteiger partial charge in [0, 0.05) is 6.08 Å². The highest BCUT2D eigenvalue weighted by molar-refractivity contribution is 5.79. The Hall–Kier alpha value is -1.61. The van der Waals surface area contributed by atoms with Crippen LogP contribution in [0, 0.1) is 5.92 Å². The fourth-order valence-electron chi connectivity index (χ4n) is 2.40. The predicted molar refractivity (Wildman–Crippen MR) is 90.0 cm³/mol. The van der Waals surface area contributed by atoms with E-state index in [1.165, 1.54) is 11.1 Å². The average molecular weight is 304 g/mol. The van der Waals surface area contributed by atoms with E-state index in [4.69, 9.17) is 9.84 Å². The quantitative estimate of drug-likeness (QED) is 0.633. The van der Waals surface area contributed by atoms with E-state index in [-0.39, 0.29) is 6.10 Å². The van der Waals surface area contributed by atoms with E-state index < -0.39 is 5.97 Å². The van der Waals surface area contributed by atoms with Crippen LogP contribution in [0.4, 0.5) is 0 Å². The standard InChI is InChI=1S/C19H28O3/c1-4-5-7-18(22-13-6-8-19(20)21)17-11-9-16(10-12-17)14-15(2)3/h6,8-12,15,18H,4-5,7,13-14H2,1-3H3,(H,20,21). The molecule has 0 heterocycles. The van der Waals surface area contributed by atoms with Gasteiger partial charge in [-0.1, -0.05) is 64.0 Å². The topological polar surface area (TPSA) is 46.5 Å². The van der Waals surface area contributed by atoms with Crippen LogP contribution in [0.2, 0.25) is 0 Å². The van der Waals surface area contributed by atoms with E-state index in [1.807, 2.05) is 0 Å². The zero-order valence-corrected chi connectivity index (χ0v) is 13.9. The zero-order chi connectivity index (χ0) is 16.4. The van der Waals surface area contributed by atoms with E-state index in [9.17, 15) is 4.79 Å². The molecule has 0 spiro atoms. The molecule has 3 nitrogen and oxygen atoms in total. The number of rotatable bonds is 10. The highest BCUT2D eigenvalue weighted by Gasteiger charge is 2.11.